The van der Waals surface area contributed by atoms with E-state index < -0.39 is 17.6 Å². The van der Waals surface area contributed by atoms with E-state index in [4.69, 9.17) is 21.1 Å². The fraction of sp³-hybridized carbons (Fsp3) is 0.130. The van der Waals surface area contributed by atoms with Crippen LogP contribution in [0.25, 0.3) is 0 Å². The molecular weight excluding hydrogens is 572 g/mol. The first-order chi connectivity index (χ1) is 15.7. The van der Waals surface area contributed by atoms with Crippen LogP contribution in [0.4, 0.5) is 13.2 Å². The number of carbonyl (C=O) groups excluding carboxylic acids is 1. The molecule has 172 valence electrons. The zero-order chi connectivity index (χ0) is 24.0. The van der Waals surface area contributed by atoms with Crippen molar-refractivity contribution in [1.29, 1.82) is 0 Å². The summed E-state index contributed by atoms with van der Waals surface area (Å²) in [6.07, 6.45) is -3.18. The maximum atomic E-state index is 12.8. The lowest BCUT2D eigenvalue weighted by Crippen LogP contribution is -2.18. The Morgan fingerprint density at radius 1 is 1.15 bits per heavy atom. The highest BCUT2D eigenvalue weighted by atomic mass is 127. The minimum atomic E-state index is -4.54. The van der Waals surface area contributed by atoms with Crippen molar-refractivity contribution < 1.29 is 27.4 Å². The zero-order valence-electron chi connectivity index (χ0n) is 17.1. The van der Waals surface area contributed by atoms with Crippen LogP contribution >= 0.6 is 34.2 Å². The van der Waals surface area contributed by atoms with E-state index in [0.29, 0.717) is 28.7 Å². The van der Waals surface area contributed by atoms with E-state index in [2.05, 4.69) is 33.1 Å². The first-order valence-corrected chi connectivity index (χ1v) is 10.9. The summed E-state index contributed by atoms with van der Waals surface area (Å²) >= 11 is 7.98. The van der Waals surface area contributed by atoms with E-state index in [1.54, 1.807) is 24.3 Å². The first kappa shape index (κ1) is 24.8. The number of nitrogens with one attached hydrogen (secondary N) is 1. The topological polar surface area (TPSA) is 59.9 Å². The second kappa shape index (κ2) is 10.9. The smallest absolute Gasteiger partial charge is 0.416 e. The number of alkyl halides is 3. The van der Waals surface area contributed by atoms with Gasteiger partial charge in [0.2, 0.25) is 0 Å². The number of rotatable bonds is 7. The van der Waals surface area contributed by atoms with Crippen molar-refractivity contribution in [2.75, 3.05) is 7.11 Å². The molecule has 0 aliphatic heterocycles. The predicted octanol–water partition coefficient (Wildman–Crippen LogP) is 6.31. The van der Waals surface area contributed by atoms with Gasteiger partial charge in [0.15, 0.2) is 11.5 Å². The molecule has 0 atom stereocenters. The fourth-order valence-corrected chi connectivity index (χ4v) is 3.66. The quantitative estimate of drug-likeness (QED) is 0.200. The number of nitrogens with zero attached hydrogens (tertiary/aromatic N) is 1. The number of methoxy groups -OCH3 is 1. The van der Waals surface area contributed by atoms with Gasteiger partial charge in [0.25, 0.3) is 5.91 Å². The van der Waals surface area contributed by atoms with Gasteiger partial charge >= 0.3 is 6.18 Å². The molecule has 0 aromatic heterocycles. The molecule has 0 saturated heterocycles. The van der Waals surface area contributed by atoms with Crippen molar-refractivity contribution in [3.63, 3.8) is 0 Å². The van der Waals surface area contributed by atoms with Crippen LogP contribution in [-0.2, 0) is 12.8 Å². The molecule has 0 aliphatic rings. The van der Waals surface area contributed by atoms with Gasteiger partial charge in [0.1, 0.15) is 6.61 Å². The third kappa shape index (κ3) is 6.84. The van der Waals surface area contributed by atoms with Crippen LogP contribution in [0.15, 0.2) is 65.8 Å². The van der Waals surface area contributed by atoms with Gasteiger partial charge in [-0.25, -0.2) is 5.43 Å². The number of amides is 1. The molecule has 1 amide bonds. The predicted molar refractivity (Wildman–Crippen MR) is 128 cm³/mol. The lowest BCUT2D eigenvalue weighted by atomic mass is 10.1. The zero-order valence-corrected chi connectivity index (χ0v) is 20.0. The Morgan fingerprint density at radius 3 is 2.55 bits per heavy atom. The molecule has 1 N–H and O–H groups in total. The molecule has 3 rings (SSSR count). The summed E-state index contributed by atoms with van der Waals surface area (Å²) in [7, 11) is 1.50. The van der Waals surface area contributed by atoms with Gasteiger partial charge in [0.05, 0.1) is 22.5 Å². The van der Waals surface area contributed by atoms with Gasteiger partial charge in [-0.15, -0.1) is 0 Å². The van der Waals surface area contributed by atoms with Crippen molar-refractivity contribution in [2.45, 2.75) is 12.8 Å². The fourth-order valence-electron chi connectivity index (χ4n) is 2.76. The standard InChI is InChI=1S/C23H17ClF3IN2O3/c1-32-20-10-15(9-19(28)21(20)33-13-14-5-7-18(24)8-6-14)12-29-30-22(31)16-3-2-4-17(11-16)23(25,26)27/h2-12H,13H2,1H3,(H,30,31)/b29-12+. The van der Waals surface area contributed by atoms with Crippen molar-refractivity contribution in [1.82, 2.24) is 5.43 Å². The summed E-state index contributed by atoms with van der Waals surface area (Å²) < 4.78 is 50.5. The van der Waals surface area contributed by atoms with E-state index in [1.165, 1.54) is 19.4 Å². The average Bonchev–Trinajstić information content (AvgIpc) is 2.78. The Morgan fingerprint density at radius 2 is 1.88 bits per heavy atom. The van der Waals surface area contributed by atoms with Crippen molar-refractivity contribution >= 4 is 46.3 Å². The summed E-state index contributed by atoms with van der Waals surface area (Å²) in [5.74, 6) is 0.238. The highest BCUT2D eigenvalue weighted by molar-refractivity contribution is 14.1. The number of ether oxygens (including phenoxy) is 2. The minimum Gasteiger partial charge on any atom is -0.493 e. The molecule has 0 unspecified atom stereocenters. The van der Waals surface area contributed by atoms with Crippen molar-refractivity contribution in [2.24, 2.45) is 5.10 Å². The Balaban J connectivity index is 1.69. The minimum absolute atomic E-state index is 0.153. The van der Waals surface area contributed by atoms with Gasteiger partial charge in [0, 0.05) is 10.6 Å². The summed E-state index contributed by atoms with van der Waals surface area (Å²) in [5, 5.41) is 4.47. The summed E-state index contributed by atoms with van der Waals surface area (Å²) in [6.45, 7) is 0.310. The summed E-state index contributed by atoms with van der Waals surface area (Å²) in [5.41, 5.74) is 2.69. The van der Waals surface area contributed by atoms with Gasteiger partial charge in [-0.3, -0.25) is 4.79 Å². The third-order valence-corrected chi connectivity index (χ3v) is 5.43. The van der Waals surface area contributed by atoms with Crippen LogP contribution in [0.3, 0.4) is 0 Å². The van der Waals surface area contributed by atoms with Crippen LogP contribution in [0.2, 0.25) is 5.02 Å². The van der Waals surface area contributed by atoms with E-state index in [1.807, 2.05) is 12.1 Å². The van der Waals surface area contributed by atoms with E-state index in [-0.39, 0.29) is 5.56 Å². The second-order valence-corrected chi connectivity index (χ2v) is 8.33. The maximum Gasteiger partial charge on any atom is 0.416 e. The van der Waals surface area contributed by atoms with E-state index in [9.17, 15) is 18.0 Å². The van der Waals surface area contributed by atoms with Crippen LogP contribution in [0, 0.1) is 3.57 Å². The lowest BCUT2D eigenvalue weighted by Gasteiger charge is -2.13. The Hall–Kier alpha value is -2.79. The number of carbonyl (C=O) groups is 1. The van der Waals surface area contributed by atoms with E-state index >= 15 is 0 Å². The Bertz CT molecular complexity index is 1170. The second-order valence-electron chi connectivity index (χ2n) is 6.73. The highest BCUT2D eigenvalue weighted by Crippen LogP contribution is 2.34. The molecule has 3 aromatic rings. The summed E-state index contributed by atoms with van der Waals surface area (Å²) in [6, 6.07) is 14.8. The Labute approximate surface area is 206 Å². The van der Waals surface area contributed by atoms with Crippen LogP contribution < -0.4 is 14.9 Å². The Kier molecular flexibility index (Phi) is 8.20. The third-order valence-electron chi connectivity index (χ3n) is 4.38. The molecular formula is C23H17ClF3IN2O3. The molecule has 0 spiro atoms. The van der Waals surface area contributed by atoms with Crippen LogP contribution in [-0.4, -0.2) is 19.2 Å². The highest BCUT2D eigenvalue weighted by Gasteiger charge is 2.30. The van der Waals surface area contributed by atoms with Crippen LogP contribution in [0.5, 0.6) is 11.5 Å². The molecule has 3 aromatic carbocycles. The molecule has 0 fully saturated rings. The van der Waals surface area contributed by atoms with Gasteiger partial charge < -0.3 is 9.47 Å². The average molecular weight is 589 g/mol. The van der Waals surface area contributed by atoms with E-state index in [0.717, 1.165) is 27.3 Å². The number of hydrogen-bond acceptors (Lipinski definition) is 4. The summed E-state index contributed by atoms with van der Waals surface area (Å²) in [4.78, 5) is 12.2. The van der Waals surface area contributed by atoms with Crippen molar-refractivity contribution in [3.05, 3.63) is 91.5 Å². The molecule has 0 aliphatic carbocycles. The largest absolute Gasteiger partial charge is 0.493 e. The molecule has 0 heterocycles. The van der Waals surface area contributed by atoms with Gasteiger partial charge in [-0.2, -0.15) is 18.3 Å². The number of halogens is 5. The monoisotopic (exact) mass is 588 g/mol. The molecule has 10 heteroatoms. The molecule has 33 heavy (non-hydrogen) atoms. The maximum absolute atomic E-state index is 12.8. The van der Waals surface area contributed by atoms with Crippen molar-refractivity contribution in [3.8, 4) is 11.5 Å². The number of benzene rings is 3. The normalized spacial score (nSPS) is 11.5. The molecule has 0 radical (unpaired) electrons. The number of hydrazone groups is 1. The van der Waals surface area contributed by atoms with Gasteiger partial charge in [-0.05, 0) is 76.2 Å². The molecule has 0 bridgehead atoms. The lowest BCUT2D eigenvalue weighted by molar-refractivity contribution is -0.137. The molecule has 5 nitrogen and oxygen atoms in total. The molecule has 0 saturated carbocycles. The van der Waals surface area contributed by atoms with Gasteiger partial charge in [-0.1, -0.05) is 29.8 Å². The van der Waals surface area contributed by atoms with Crippen LogP contribution in [0.1, 0.15) is 27.0 Å². The SMILES string of the molecule is COc1cc(/C=N/NC(=O)c2cccc(C(F)(F)F)c2)cc(I)c1OCc1ccc(Cl)cc1. The number of hydrogen-bond donors (Lipinski definition) is 1. The first-order valence-electron chi connectivity index (χ1n) is 9.43.